The molecule has 0 amide bonds. The summed E-state index contributed by atoms with van der Waals surface area (Å²) in [4.78, 5) is 11.1. The fourth-order valence-corrected chi connectivity index (χ4v) is 1.67. The van der Waals surface area contributed by atoms with Crippen molar-refractivity contribution >= 4 is 5.78 Å². The lowest BCUT2D eigenvalue weighted by Gasteiger charge is -2.31. The molecule has 1 aliphatic carbocycles. The zero-order chi connectivity index (χ0) is 8.39. The van der Waals surface area contributed by atoms with Crippen LogP contribution >= 0.6 is 0 Å². The molecule has 1 atom stereocenters. The van der Waals surface area contributed by atoms with Crippen LogP contribution in [0.1, 0.15) is 25.7 Å². The molecule has 0 aromatic rings. The molecule has 0 aromatic heterocycles. The van der Waals surface area contributed by atoms with Gasteiger partial charge in [-0.3, -0.25) is 4.79 Å². The quantitative estimate of drug-likeness (QED) is 0.618. The van der Waals surface area contributed by atoms with E-state index in [0.717, 1.165) is 19.3 Å². The predicted octanol–water partition coefficient (Wildman–Crippen LogP) is 0.913. The molecule has 1 heterocycles. The first-order valence-electron chi connectivity index (χ1n) is 4.59. The van der Waals surface area contributed by atoms with E-state index in [4.69, 9.17) is 9.47 Å². The van der Waals surface area contributed by atoms with Gasteiger partial charge in [-0.25, -0.2) is 0 Å². The molecule has 3 nitrogen and oxygen atoms in total. The van der Waals surface area contributed by atoms with E-state index in [9.17, 15) is 4.79 Å². The summed E-state index contributed by atoms with van der Waals surface area (Å²) in [7, 11) is 0. The van der Waals surface area contributed by atoms with Crippen molar-refractivity contribution in [2.24, 2.45) is 0 Å². The van der Waals surface area contributed by atoms with E-state index in [1.807, 2.05) is 0 Å². The minimum Gasteiger partial charge on any atom is -0.376 e. The van der Waals surface area contributed by atoms with Crippen molar-refractivity contribution in [1.29, 1.82) is 0 Å². The first kappa shape index (κ1) is 8.20. The average Bonchev–Trinajstić information content (AvgIpc) is 1.97. The van der Waals surface area contributed by atoms with Crippen molar-refractivity contribution in [2.75, 3.05) is 13.2 Å². The highest BCUT2D eigenvalue weighted by molar-refractivity contribution is 5.79. The minimum atomic E-state index is 0.181. The van der Waals surface area contributed by atoms with Gasteiger partial charge in [-0.05, 0) is 12.8 Å². The Morgan fingerprint density at radius 2 is 2.17 bits per heavy atom. The van der Waals surface area contributed by atoms with Gasteiger partial charge in [-0.1, -0.05) is 0 Å². The van der Waals surface area contributed by atoms with Gasteiger partial charge in [0.25, 0.3) is 0 Å². The van der Waals surface area contributed by atoms with E-state index in [-0.39, 0.29) is 12.2 Å². The Kier molecular flexibility index (Phi) is 2.42. The molecule has 0 aromatic carbocycles. The molecular weight excluding hydrogens is 156 g/mol. The second-order valence-corrected chi connectivity index (χ2v) is 3.55. The third-order valence-electron chi connectivity index (χ3n) is 2.43. The van der Waals surface area contributed by atoms with Gasteiger partial charge < -0.3 is 9.47 Å². The van der Waals surface area contributed by atoms with E-state index in [1.165, 1.54) is 0 Å². The van der Waals surface area contributed by atoms with Crippen molar-refractivity contribution in [3.8, 4) is 0 Å². The number of carbonyl (C=O) groups is 1. The number of ether oxygens (including phenoxy) is 2. The van der Waals surface area contributed by atoms with Crippen LogP contribution in [-0.4, -0.2) is 31.2 Å². The highest BCUT2D eigenvalue weighted by Gasteiger charge is 2.26. The van der Waals surface area contributed by atoms with Crippen molar-refractivity contribution in [1.82, 2.24) is 0 Å². The molecule has 12 heavy (non-hydrogen) atoms. The van der Waals surface area contributed by atoms with Gasteiger partial charge in [0.15, 0.2) is 0 Å². The highest BCUT2D eigenvalue weighted by Crippen LogP contribution is 2.21. The molecule has 1 unspecified atom stereocenters. The Balaban J connectivity index is 1.74. The summed E-state index contributed by atoms with van der Waals surface area (Å²) >= 11 is 0. The largest absolute Gasteiger partial charge is 0.376 e. The summed E-state index contributed by atoms with van der Waals surface area (Å²) in [5, 5.41) is 0. The van der Waals surface area contributed by atoms with Crippen LogP contribution in [0, 0.1) is 0 Å². The zero-order valence-electron chi connectivity index (χ0n) is 7.12. The van der Waals surface area contributed by atoms with Gasteiger partial charge in [0.2, 0.25) is 0 Å². The van der Waals surface area contributed by atoms with E-state index in [2.05, 4.69) is 0 Å². The van der Waals surface area contributed by atoms with Crippen LogP contribution in [0.25, 0.3) is 0 Å². The van der Waals surface area contributed by atoms with Gasteiger partial charge in [0.1, 0.15) is 11.9 Å². The minimum absolute atomic E-state index is 0.181. The monoisotopic (exact) mass is 170 g/mol. The molecule has 0 radical (unpaired) electrons. The van der Waals surface area contributed by atoms with Crippen molar-refractivity contribution in [2.45, 2.75) is 37.9 Å². The zero-order valence-corrected chi connectivity index (χ0v) is 7.12. The summed E-state index contributed by atoms with van der Waals surface area (Å²) in [5.74, 6) is 0.353. The van der Waals surface area contributed by atoms with Crippen LogP contribution in [0.4, 0.5) is 0 Å². The number of Topliss-reactive ketones (excluding diaryl/α,β-unsaturated/α-hetero) is 1. The average molecular weight is 170 g/mol. The molecule has 0 N–H and O–H groups in total. The lowest BCUT2D eigenvalue weighted by molar-refractivity contribution is -0.163. The topological polar surface area (TPSA) is 35.5 Å². The lowest BCUT2D eigenvalue weighted by atomic mass is 9.96. The van der Waals surface area contributed by atoms with Crippen LogP contribution in [0.3, 0.4) is 0 Å². The Morgan fingerprint density at radius 1 is 1.33 bits per heavy atom. The number of ketones is 1. The van der Waals surface area contributed by atoms with Crippen LogP contribution in [0.5, 0.6) is 0 Å². The normalized spacial score (nSPS) is 31.7. The number of hydrogen-bond donors (Lipinski definition) is 0. The second kappa shape index (κ2) is 3.54. The molecule has 2 fully saturated rings. The third-order valence-corrected chi connectivity index (χ3v) is 2.43. The molecule has 2 aliphatic rings. The van der Waals surface area contributed by atoms with Crippen LogP contribution in [0.15, 0.2) is 0 Å². The lowest BCUT2D eigenvalue weighted by Crippen LogP contribution is -2.40. The summed E-state index contributed by atoms with van der Waals surface area (Å²) < 4.78 is 10.6. The van der Waals surface area contributed by atoms with E-state index in [0.29, 0.717) is 25.4 Å². The van der Waals surface area contributed by atoms with Crippen LogP contribution in [0.2, 0.25) is 0 Å². The Hall–Kier alpha value is -0.410. The predicted molar refractivity (Wildman–Crippen MR) is 43.0 cm³/mol. The van der Waals surface area contributed by atoms with Gasteiger partial charge >= 0.3 is 0 Å². The molecule has 1 saturated heterocycles. The summed E-state index contributed by atoms with van der Waals surface area (Å²) in [5.41, 5.74) is 0. The fourth-order valence-electron chi connectivity index (χ4n) is 1.67. The summed E-state index contributed by atoms with van der Waals surface area (Å²) in [6, 6.07) is 0. The Morgan fingerprint density at radius 3 is 2.75 bits per heavy atom. The molecule has 68 valence electrons. The Bertz CT molecular complexity index is 175. The third kappa shape index (κ3) is 1.84. The summed E-state index contributed by atoms with van der Waals surface area (Å²) in [6.45, 7) is 1.43. The van der Waals surface area contributed by atoms with Crippen molar-refractivity contribution in [3.05, 3.63) is 0 Å². The molecular formula is C9H14O3. The van der Waals surface area contributed by atoms with Crippen molar-refractivity contribution < 1.29 is 14.3 Å². The Labute approximate surface area is 72.0 Å². The molecule has 1 aliphatic heterocycles. The van der Waals surface area contributed by atoms with Crippen LogP contribution < -0.4 is 0 Å². The van der Waals surface area contributed by atoms with E-state index < -0.39 is 0 Å². The molecule has 2 rings (SSSR count). The van der Waals surface area contributed by atoms with Crippen LogP contribution in [-0.2, 0) is 14.3 Å². The number of hydrogen-bond acceptors (Lipinski definition) is 3. The molecule has 1 saturated carbocycles. The summed E-state index contributed by atoms with van der Waals surface area (Å²) in [6.07, 6.45) is 3.86. The van der Waals surface area contributed by atoms with E-state index in [1.54, 1.807) is 0 Å². The first-order valence-corrected chi connectivity index (χ1v) is 4.59. The van der Waals surface area contributed by atoms with Gasteiger partial charge in [-0.2, -0.15) is 0 Å². The standard InChI is InChI=1S/C9H14O3/c10-7-2-1-3-8(4-7)12-9-5-11-6-9/h8-9H,1-6H2. The fraction of sp³-hybridized carbons (Fsp3) is 0.889. The highest BCUT2D eigenvalue weighted by atomic mass is 16.6. The van der Waals surface area contributed by atoms with Crippen molar-refractivity contribution in [3.63, 3.8) is 0 Å². The SMILES string of the molecule is O=C1CCCC(OC2COC2)C1. The van der Waals surface area contributed by atoms with Gasteiger partial charge in [0.05, 0.1) is 19.3 Å². The molecule has 0 bridgehead atoms. The molecule has 0 spiro atoms. The maximum Gasteiger partial charge on any atom is 0.135 e. The first-order chi connectivity index (χ1) is 5.84. The van der Waals surface area contributed by atoms with Gasteiger partial charge in [0, 0.05) is 12.8 Å². The number of carbonyl (C=O) groups excluding carboxylic acids is 1. The second-order valence-electron chi connectivity index (χ2n) is 3.55. The maximum absolute atomic E-state index is 11.1. The maximum atomic E-state index is 11.1. The number of rotatable bonds is 2. The smallest absolute Gasteiger partial charge is 0.135 e. The molecule has 3 heteroatoms. The van der Waals surface area contributed by atoms with Gasteiger partial charge in [-0.15, -0.1) is 0 Å². The van der Waals surface area contributed by atoms with E-state index >= 15 is 0 Å².